The highest BCUT2D eigenvalue weighted by Gasteiger charge is 2.23. The third kappa shape index (κ3) is 5.34. The molecule has 0 fully saturated rings. The van der Waals surface area contributed by atoms with Crippen LogP contribution in [0.4, 0.5) is 18.6 Å². The summed E-state index contributed by atoms with van der Waals surface area (Å²) in [5.41, 5.74) is 6.23. The first-order valence-corrected chi connectivity index (χ1v) is 10.1. The second-order valence-corrected chi connectivity index (χ2v) is 7.17. The molecule has 2 aromatic heterocycles. The summed E-state index contributed by atoms with van der Waals surface area (Å²) in [6.45, 7) is 1.65. The van der Waals surface area contributed by atoms with Crippen LogP contribution in [0.15, 0.2) is 24.7 Å². The summed E-state index contributed by atoms with van der Waals surface area (Å²) in [5.74, 6) is -3.03. The van der Waals surface area contributed by atoms with E-state index in [0.29, 0.717) is 19.4 Å². The molecule has 5 N–H and O–H groups in total. The molecule has 0 aliphatic rings. The number of primary amides is 1. The molecule has 0 bridgehead atoms. The SMILES string of the molecule is CCc1ccc(COc2nsc(NC(=O)NCCc3c[nH]cn3)c2C(N)=O)c(F)c1F. The second-order valence-electron chi connectivity index (χ2n) is 6.40. The maximum absolute atomic E-state index is 14.2. The average molecular weight is 450 g/mol. The van der Waals surface area contributed by atoms with E-state index in [1.165, 1.54) is 18.5 Å². The van der Waals surface area contributed by atoms with Gasteiger partial charge < -0.3 is 20.8 Å². The van der Waals surface area contributed by atoms with Crippen molar-refractivity contribution in [2.24, 2.45) is 5.73 Å². The Kier molecular flexibility index (Phi) is 7.13. The van der Waals surface area contributed by atoms with Gasteiger partial charge >= 0.3 is 6.03 Å². The number of aromatic amines is 1. The minimum absolute atomic E-state index is 0.0382. The number of hydrogen-bond donors (Lipinski definition) is 4. The fourth-order valence-electron chi connectivity index (χ4n) is 2.72. The predicted octanol–water partition coefficient (Wildman–Crippen LogP) is 2.75. The Hall–Kier alpha value is -3.54. The van der Waals surface area contributed by atoms with Gasteiger partial charge in [0.25, 0.3) is 5.91 Å². The van der Waals surface area contributed by atoms with Gasteiger partial charge in [-0.3, -0.25) is 10.1 Å². The number of amides is 3. The Bertz CT molecular complexity index is 1070. The first-order chi connectivity index (χ1) is 14.9. The predicted molar refractivity (Wildman–Crippen MR) is 110 cm³/mol. The lowest BCUT2D eigenvalue weighted by Crippen LogP contribution is -2.31. The zero-order valence-corrected chi connectivity index (χ0v) is 17.3. The molecule has 164 valence electrons. The third-order valence-electron chi connectivity index (χ3n) is 4.34. The van der Waals surface area contributed by atoms with E-state index in [2.05, 4.69) is 25.0 Å². The number of halogens is 2. The third-order valence-corrected chi connectivity index (χ3v) is 5.09. The van der Waals surface area contributed by atoms with Gasteiger partial charge in [0.2, 0.25) is 5.88 Å². The molecule has 31 heavy (non-hydrogen) atoms. The van der Waals surface area contributed by atoms with Crippen molar-refractivity contribution in [1.29, 1.82) is 0 Å². The molecule has 2 heterocycles. The topological polar surface area (TPSA) is 135 Å². The number of urea groups is 1. The zero-order chi connectivity index (χ0) is 22.4. The van der Waals surface area contributed by atoms with Crippen LogP contribution < -0.4 is 21.1 Å². The molecular weight excluding hydrogens is 430 g/mol. The van der Waals surface area contributed by atoms with Gasteiger partial charge in [-0.05, 0) is 23.5 Å². The van der Waals surface area contributed by atoms with Gasteiger partial charge in [-0.2, -0.15) is 4.37 Å². The number of aryl methyl sites for hydroxylation is 1. The molecule has 0 aliphatic carbocycles. The standard InChI is InChI=1S/C19H20F2N6O3S/c1-2-10-3-4-11(15(21)14(10)20)8-30-17-13(16(22)28)18(31-27-17)26-19(29)24-6-5-12-7-23-9-25-12/h3-4,7,9H,2,5-6,8H2,1H3,(H2,22,28)(H,23,25)(H2,24,26,29). The van der Waals surface area contributed by atoms with Crippen LogP contribution in [-0.4, -0.2) is 32.8 Å². The lowest BCUT2D eigenvalue weighted by atomic mass is 10.1. The first kappa shape index (κ1) is 22.2. The molecule has 0 aliphatic heterocycles. The van der Waals surface area contributed by atoms with E-state index in [1.807, 2.05) is 0 Å². The lowest BCUT2D eigenvalue weighted by Gasteiger charge is -2.09. The summed E-state index contributed by atoms with van der Waals surface area (Å²) in [5, 5.41) is 5.18. The number of imidazole rings is 1. The second kappa shape index (κ2) is 9.98. The number of carbonyl (C=O) groups excluding carboxylic acids is 2. The molecular formula is C19H20F2N6O3S. The minimum atomic E-state index is -1.02. The molecule has 12 heteroatoms. The highest BCUT2D eigenvalue weighted by atomic mass is 32.1. The Labute approximate surface area is 180 Å². The number of H-pyrrole nitrogens is 1. The summed E-state index contributed by atoms with van der Waals surface area (Å²) in [7, 11) is 0. The van der Waals surface area contributed by atoms with Crippen LogP contribution in [-0.2, 0) is 19.4 Å². The zero-order valence-electron chi connectivity index (χ0n) is 16.5. The molecule has 3 amide bonds. The van der Waals surface area contributed by atoms with Crippen LogP contribution in [0.5, 0.6) is 5.88 Å². The van der Waals surface area contributed by atoms with Crippen LogP contribution in [0.25, 0.3) is 0 Å². The van der Waals surface area contributed by atoms with Crippen molar-refractivity contribution in [2.75, 3.05) is 11.9 Å². The lowest BCUT2D eigenvalue weighted by molar-refractivity contribution is 0.0996. The Morgan fingerprint density at radius 1 is 1.26 bits per heavy atom. The number of nitrogens with two attached hydrogens (primary N) is 1. The summed E-state index contributed by atoms with van der Waals surface area (Å²) in [6.07, 6.45) is 4.10. The summed E-state index contributed by atoms with van der Waals surface area (Å²) >= 11 is 0.780. The number of ether oxygens (including phenoxy) is 1. The van der Waals surface area contributed by atoms with E-state index < -0.39 is 23.6 Å². The van der Waals surface area contributed by atoms with Gasteiger partial charge in [-0.15, -0.1) is 0 Å². The fraction of sp³-hybridized carbons (Fsp3) is 0.263. The van der Waals surface area contributed by atoms with Crippen molar-refractivity contribution >= 4 is 28.5 Å². The molecule has 1 aromatic carbocycles. The number of hydrogen-bond acceptors (Lipinski definition) is 6. The van der Waals surface area contributed by atoms with Gasteiger partial charge in [0.05, 0.1) is 12.0 Å². The van der Waals surface area contributed by atoms with Crippen molar-refractivity contribution in [3.63, 3.8) is 0 Å². The van der Waals surface area contributed by atoms with Crippen LogP contribution in [0.1, 0.15) is 34.1 Å². The number of nitrogens with one attached hydrogen (secondary N) is 3. The maximum atomic E-state index is 14.2. The normalized spacial score (nSPS) is 10.7. The Balaban J connectivity index is 1.64. The molecule has 0 spiro atoms. The van der Waals surface area contributed by atoms with Crippen LogP contribution in [0, 0.1) is 11.6 Å². The molecule has 3 rings (SSSR count). The maximum Gasteiger partial charge on any atom is 0.319 e. The van der Waals surface area contributed by atoms with E-state index in [4.69, 9.17) is 10.5 Å². The van der Waals surface area contributed by atoms with E-state index in [0.717, 1.165) is 17.2 Å². The van der Waals surface area contributed by atoms with E-state index in [-0.39, 0.29) is 34.2 Å². The summed E-state index contributed by atoms with van der Waals surface area (Å²) in [4.78, 5) is 30.8. The van der Waals surface area contributed by atoms with E-state index in [9.17, 15) is 18.4 Å². The number of anilines is 1. The quantitative estimate of drug-likeness (QED) is 0.398. The highest BCUT2D eigenvalue weighted by Crippen LogP contribution is 2.31. The average Bonchev–Trinajstić information content (AvgIpc) is 3.39. The molecule has 0 saturated carbocycles. The van der Waals surface area contributed by atoms with E-state index in [1.54, 1.807) is 13.1 Å². The smallest absolute Gasteiger partial charge is 0.319 e. The monoisotopic (exact) mass is 450 g/mol. The molecule has 0 saturated heterocycles. The molecule has 0 unspecified atom stereocenters. The first-order valence-electron chi connectivity index (χ1n) is 9.31. The number of benzene rings is 1. The molecule has 0 atom stereocenters. The largest absolute Gasteiger partial charge is 0.471 e. The molecule has 0 radical (unpaired) electrons. The number of rotatable bonds is 9. The summed E-state index contributed by atoms with van der Waals surface area (Å²) in [6, 6.07) is 2.30. The van der Waals surface area contributed by atoms with Crippen LogP contribution >= 0.6 is 11.5 Å². The van der Waals surface area contributed by atoms with Crippen molar-refractivity contribution in [2.45, 2.75) is 26.4 Å². The van der Waals surface area contributed by atoms with Crippen LogP contribution in [0.2, 0.25) is 0 Å². The van der Waals surface area contributed by atoms with Crippen molar-refractivity contribution in [3.8, 4) is 5.88 Å². The van der Waals surface area contributed by atoms with Crippen molar-refractivity contribution in [3.05, 3.63) is 58.7 Å². The van der Waals surface area contributed by atoms with Crippen LogP contribution in [0.3, 0.4) is 0 Å². The minimum Gasteiger partial charge on any atom is -0.471 e. The molecule has 9 nitrogen and oxygen atoms in total. The summed E-state index contributed by atoms with van der Waals surface area (Å²) < 4.78 is 37.5. The van der Waals surface area contributed by atoms with E-state index >= 15 is 0 Å². The van der Waals surface area contributed by atoms with Crippen molar-refractivity contribution in [1.82, 2.24) is 19.7 Å². The Morgan fingerprint density at radius 2 is 2.00 bits per heavy atom. The highest BCUT2D eigenvalue weighted by molar-refractivity contribution is 7.11. The fourth-order valence-corrected chi connectivity index (χ4v) is 3.45. The van der Waals surface area contributed by atoms with Gasteiger partial charge in [0.1, 0.15) is 17.2 Å². The van der Waals surface area contributed by atoms with Gasteiger partial charge in [0.15, 0.2) is 11.6 Å². The number of aromatic nitrogens is 3. The Morgan fingerprint density at radius 3 is 2.68 bits per heavy atom. The van der Waals surface area contributed by atoms with Crippen molar-refractivity contribution < 1.29 is 23.1 Å². The number of carbonyl (C=O) groups is 2. The van der Waals surface area contributed by atoms with Gasteiger partial charge in [-0.25, -0.2) is 18.6 Å². The molecule has 3 aromatic rings. The number of nitrogens with zero attached hydrogens (tertiary/aromatic N) is 2. The van der Waals surface area contributed by atoms with Gasteiger partial charge in [-0.1, -0.05) is 19.1 Å². The van der Waals surface area contributed by atoms with Gasteiger partial charge in [0, 0.05) is 24.7 Å².